The second-order valence-electron chi connectivity index (χ2n) is 7.43. The van der Waals surface area contributed by atoms with Crippen molar-refractivity contribution in [2.24, 2.45) is 0 Å². The fraction of sp³-hybridized carbons (Fsp3) is 0.409. The van der Waals surface area contributed by atoms with Gasteiger partial charge in [-0.05, 0) is 12.1 Å². The quantitative estimate of drug-likeness (QED) is 0.575. The molecule has 1 N–H and O–H groups in total. The predicted octanol–water partition coefficient (Wildman–Crippen LogP) is 0.847. The third-order valence-electron chi connectivity index (χ3n) is 5.34. The largest absolute Gasteiger partial charge is 0.383 e. The van der Waals surface area contributed by atoms with Crippen LogP contribution in [0.4, 0.5) is 0 Å². The molecular weight excluding hydrogens is 398 g/mol. The van der Waals surface area contributed by atoms with Crippen molar-refractivity contribution in [3.05, 3.63) is 58.6 Å². The minimum atomic E-state index is -0.254. The van der Waals surface area contributed by atoms with Crippen molar-refractivity contribution in [2.75, 3.05) is 53.1 Å². The third kappa shape index (κ3) is 4.84. The number of aromatic nitrogens is 3. The lowest BCUT2D eigenvalue weighted by atomic mass is 10.1. The molecule has 3 heterocycles. The number of pyridine rings is 1. The summed E-state index contributed by atoms with van der Waals surface area (Å²) in [7, 11) is 1.62. The van der Waals surface area contributed by atoms with Crippen LogP contribution < -0.4 is 10.9 Å². The molecule has 1 aromatic carbocycles. The van der Waals surface area contributed by atoms with Gasteiger partial charge in [-0.3, -0.25) is 14.5 Å². The van der Waals surface area contributed by atoms with Gasteiger partial charge < -0.3 is 19.4 Å². The average molecular weight is 425 g/mol. The molecular formula is C22H27N5O4. The molecule has 0 unspecified atom stereocenters. The molecule has 0 spiro atoms. The third-order valence-corrected chi connectivity index (χ3v) is 5.34. The van der Waals surface area contributed by atoms with Gasteiger partial charge in [0.25, 0.3) is 11.5 Å². The molecule has 0 aliphatic carbocycles. The lowest BCUT2D eigenvalue weighted by Gasteiger charge is -2.26. The summed E-state index contributed by atoms with van der Waals surface area (Å²) in [4.78, 5) is 28.3. The predicted molar refractivity (Wildman–Crippen MR) is 116 cm³/mol. The zero-order valence-electron chi connectivity index (χ0n) is 17.6. The van der Waals surface area contributed by atoms with Crippen LogP contribution in [0.1, 0.15) is 10.4 Å². The van der Waals surface area contributed by atoms with E-state index in [2.05, 4.69) is 15.3 Å². The van der Waals surface area contributed by atoms with Crippen LogP contribution in [-0.2, 0) is 16.0 Å². The van der Waals surface area contributed by atoms with Crippen molar-refractivity contribution in [1.29, 1.82) is 0 Å². The van der Waals surface area contributed by atoms with E-state index in [0.717, 1.165) is 32.8 Å². The van der Waals surface area contributed by atoms with E-state index >= 15 is 0 Å². The number of fused-ring (bicyclic) bond motifs is 1. The highest BCUT2D eigenvalue weighted by molar-refractivity contribution is 5.99. The SMILES string of the molecule is COCCn1cc(C(=O)NCCN2CCOCC2)c2nn(-c3ccccc3)c(=O)c-2c1. The van der Waals surface area contributed by atoms with Gasteiger partial charge in [0.05, 0.1) is 36.6 Å². The highest BCUT2D eigenvalue weighted by atomic mass is 16.5. The molecule has 1 amide bonds. The summed E-state index contributed by atoms with van der Waals surface area (Å²) < 4.78 is 13.7. The van der Waals surface area contributed by atoms with Crippen LogP contribution in [0, 0.1) is 0 Å². The highest BCUT2D eigenvalue weighted by Crippen LogP contribution is 2.22. The summed E-state index contributed by atoms with van der Waals surface area (Å²) in [6.07, 6.45) is 3.46. The lowest BCUT2D eigenvalue weighted by Crippen LogP contribution is -2.41. The number of hydrogen-bond acceptors (Lipinski definition) is 6. The van der Waals surface area contributed by atoms with Crippen LogP contribution in [0.2, 0.25) is 0 Å². The Balaban J connectivity index is 1.62. The van der Waals surface area contributed by atoms with Crippen LogP contribution in [-0.4, -0.2) is 78.3 Å². The summed E-state index contributed by atoms with van der Waals surface area (Å²) in [5.41, 5.74) is 1.58. The summed E-state index contributed by atoms with van der Waals surface area (Å²) in [6.45, 7) is 5.42. The van der Waals surface area contributed by atoms with Gasteiger partial charge >= 0.3 is 0 Å². The number of methoxy groups -OCH3 is 1. The van der Waals surface area contributed by atoms with Gasteiger partial charge in [-0.1, -0.05) is 18.2 Å². The van der Waals surface area contributed by atoms with Crippen molar-refractivity contribution in [2.45, 2.75) is 6.54 Å². The Morgan fingerprint density at radius 2 is 1.94 bits per heavy atom. The number of para-hydroxylation sites is 1. The van der Waals surface area contributed by atoms with Gasteiger partial charge in [0.15, 0.2) is 0 Å². The van der Waals surface area contributed by atoms with Crippen LogP contribution in [0.15, 0.2) is 47.5 Å². The number of carbonyl (C=O) groups is 1. The topological polar surface area (TPSA) is 90.6 Å². The van der Waals surface area contributed by atoms with Crippen molar-refractivity contribution < 1.29 is 14.3 Å². The first-order chi connectivity index (χ1) is 15.2. The number of benzene rings is 1. The fourth-order valence-electron chi connectivity index (χ4n) is 3.64. The van der Waals surface area contributed by atoms with E-state index in [4.69, 9.17) is 9.47 Å². The number of amides is 1. The second-order valence-corrected chi connectivity index (χ2v) is 7.43. The Labute approximate surface area is 180 Å². The molecule has 0 radical (unpaired) electrons. The van der Waals surface area contributed by atoms with E-state index in [1.807, 2.05) is 30.3 Å². The molecule has 0 saturated carbocycles. The first-order valence-electron chi connectivity index (χ1n) is 10.4. The number of hydrogen-bond donors (Lipinski definition) is 1. The summed E-state index contributed by atoms with van der Waals surface area (Å²) >= 11 is 0. The van der Waals surface area contributed by atoms with Crippen LogP contribution >= 0.6 is 0 Å². The van der Waals surface area contributed by atoms with Crippen molar-refractivity contribution in [3.63, 3.8) is 0 Å². The van der Waals surface area contributed by atoms with Crippen LogP contribution in [0.5, 0.6) is 0 Å². The van der Waals surface area contributed by atoms with Gasteiger partial charge in [0, 0.05) is 52.2 Å². The molecule has 1 aromatic rings. The van der Waals surface area contributed by atoms with Gasteiger partial charge in [-0.2, -0.15) is 9.78 Å². The van der Waals surface area contributed by atoms with Crippen molar-refractivity contribution in [1.82, 2.24) is 24.6 Å². The smallest absolute Gasteiger partial charge is 0.282 e. The molecule has 3 aliphatic rings. The van der Waals surface area contributed by atoms with Crippen molar-refractivity contribution >= 4 is 5.91 Å². The van der Waals surface area contributed by atoms with E-state index in [9.17, 15) is 9.59 Å². The number of rotatable bonds is 8. The van der Waals surface area contributed by atoms with Gasteiger partial charge in [-0.15, -0.1) is 0 Å². The molecule has 3 aliphatic heterocycles. The van der Waals surface area contributed by atoms with E-state index in [-0.39, 0.29) is 11.5 Å². The minimum Gasteiger partial charge on any atom is -0.383 e. The molecule has 9 heteroatoms. The second kappa shape index (κ2) is 9.86. The highest BCUT2D eigenvalue weighted by Gasteiger charge is 2.24. The van der Waals surface area contributed by atoms with E-state index in [0.29, 0.717) is 42.2 Å². The van der Waals surface area contributed by atoms with E-state index < -0.39 is 0 Å². The molecule has 9 nitrogen and oxygen atoms in total. The van der Waals surface area contributed by atoms with Crippen LogP contribution in [0.3, 0.4) is 0 Å². The number of nitrogens with one attached hydrogen (secondary N) is 1. The fourth-order valence-corrected chi connectivity index (χ4v) is 3.64. The summed E-state index contributed by atoms with van der Waals surface area (Å²) in [5.74, 6) is -0.247. The standard InChI is InChI=1S/C22H27N5O4/c1-30-12-9-26-15-18(21(28)23-7-8-25-10-13-31-14-11-25)20-19(16-26)22(29)27(24-20)17-5-3-2-4-6-17/h2-6,15-16H,7-14H2,1H3,(H,23,28). The molecule has 4 rings (SSSR count). The van der Waals surface area contributed by atoms with Gasteiger partial charge in [-0.25, -0.2) is 0 Å². The molecule has 0 aromatic heterocycles. The Bertz CT molecular complexity index is 1040. The number of morpholine rings is 1. The first-order valence-corrected chi connectivity index (χ1v) is 10.4. The molecule has 0 atom stereocenters. The summed E-state index contributed by atoms with van der Waals surface area (Å²) in [6, 6.07) is 9.20. The Hall–Kier alpha value is -3.01. The minimum absolute atomic E-state index is 0.247. The summed E-state index contributed by atoms with van der Waals surface area (Å²) in [5, 5.41) is 7.47. The molecule has 164 valence electrons. The van der Waals surface area contributed by atoms with Gasteiger partial charge in [0.2, 0.25) is 0 Å². The molecule has 1 fully saturated rings. The maximum Gasteiger partial charge on any atom is 0.282 e. The number of carbonyl (C=O) groups excluding carboxylic acids is 1. The Kier molecular flexibility index (Phi) is 6.76. The normalized spacial score (nSPS) is 14.7. The lowest BCUT2D eigenvalue weighted by molar-refractivity contribution is 0.0383. The molecule has 31 heavy (non-hydrogen) atoms. The Morgan fingerprint density at radius 3 is 2.68 bits per heavy atom. The zero-order chi connectivity index (χ0) is 21.6. The van der Waals surface area contributed by atoms with Crippen molar-refractivity contribution in [3.8, 4) is 16.9 Å². The maximum atomic E-state index is 13.1. The number of ether oxygens (including phenoxy) is 2. The van der Waals surface area contributed by atoms with E-state index in [1.54, 1.807) is 24.1 Å². The maximum absolute atomic E-state index is 13.1. The monoisotopic (exact) mass is 425 g/mol. The molecule has 1 saturated heterocycles. The average Bonchev–Trinajstić information content (AvgIpc) is 3.15. The van der Waals surface area contributed by atoms with Crippen LogP contribution in [0.25, 0.3) is 16.9 Å². The Morgan fingerprint density at radius 1 is 1.16 bits per heavy atom. The molecule has 0 bridgehead atoms. The zero-order valence-corrected chi connectivity index (χ0v) is 17.6. The first kappa shape index (κ1) is 21.2. The van der Waals surface area contributed by atoms with E-state index in [1.165, 1.54) is 4.68 Å². The number of nitrogens with zero attached hydrogens (tertiary/aromatic N) is 4. The van der Waals surface area contributed by atoms with Gasteiger partial charge in [0.1, 0.15) is 5.69 Å².